The number of hydrogen-bond acceptors (Lipinski definition) is 5. The Morgan fingerprint density at radius 1 is 1.21 bits per heavy atom. The van der Waals surface area contributed by atoms with Crippen molar-refractivity contribution in [3.8, 4) is 5.75 Å². The van der Waals surface area contributed by atoms with Gasteiger partial charge in [0.2, 0.25) is 5.91 Å². The van der Waals surface area contributed by atoms with Gasteiger partial charge in [-0.25, -0.2) is 0 Å². The molecule has 28 heavy (non-hydrogen) atoms. The molecule has 2 aliphatic heterocycles. The minimum absolute atomic E-state index is 0.190. The van der Waals surface area contributed by atoms with Crippen molar-refractivity contribution in [1.82, 2.24) is 15.4 Å². The Bertz CT molecular complexity index is 799. The number of carbonyl (C=O) groups excluding carboxylic acids is 1. The molecule has 1 N–H and O–H groups in total. The number of nitrogens with one attached hydrogen (secondary N) is 1. The van der Waals surface area contributed by atoms with Crippen LogP contribution >= 0.6 is 0 Å². The second-order valence-electron chi connectivity index (χ2n) is 8.18. The molecule has 2 aliphatic rings. The van der Waals surface area contributed by atoms with Gasteiger partial charge in [0.05, 0.1) is 17.7 Å². The van der Waals surface area contributed by atoms with Crippen LogP contribution in [-0.4, -0.2) is 41.1 Å². The van der Waals surface area contributed by atoms with E-state index in [0.29, 0.717) is 31.2 Å². The van der Waals surface area contributed by atoms with Crippen LogP contribution in [0.2, 0.25) is 0 Å². The summed E-state index contributed by atoms with van der Waals surface area (Å²) >= 11 is 0. The van der Waals surface area contributed by atoms with Crippen molar-refractivity contribution in [2.75, 3.05) is 7.05 Å². The average Bonchev–Trinajstić information content (AvgIpc) is 3.20. The third kappa shape index (κ3) is 4.07. The summed E-state index contributed by atoms with van der Waals surface area (Å²) in [6.45, 7) is 4.23. The van der Waals surface area contributed by atoms with E-state index >= 15 is 0 Å². The van der Waals surface area contributed by atoms with Crippen LogP contribution < -0.4 is 10.1 Å². The fourth-order valence-corrected chi connectivity index (χ4v) is 4.41. The molecule has 6 heteroatoms. The minimum Gasteiger partial charge on any atom is -0.489 e. The lowest BCUT2D eigenvalue weighted by Gasteiger charge is -2.35. The van der Waals surface area contributed by atoms with Gasteiger partial charge in [-0.2, -0.15) is 0 Å². The summed E-state index contributed by atoms with van der Waals surface area (Å²) in [4.78, 5) is 14.7. The number of aromatic nitrogens is 1. The fraction of sp³-hybridized carbons (Fsp3) is 0.545. The highest BCUT2D eigenvalue weighted by Gasteiger charge is 2.36. The van der Waals surface area contributed by atoms with Crippen LogP contribution in [0.5, 0.6) is 5.75 Å². The van der Waals surface area contributed by atoms with E-state index in [1.54, 1.807) is 0 Å². The van der Waals surface area contributed by atoms with Gasteiger partial charge in [0.1, 0.15) is 18.1 Å². The lowest BCUT2D eigenvalue weighted by molar-refractivity contribution is -0.131. The van der Waals surface area contributed by atoms with Gasteiger partial charge in [-0.3, -0.25) is 4.79 Å². The summed E-state index contributed by atoms with van der Waals surface area (Å²) < 4.78 is 11.0. The highest BCUT2D eigenvalue weighted by molar-refractivity contribution is 5.78. The number of nitrogens with zero attached hydrogens (tertiary/aromatic N) is 2. The maximum atomic E-state index is 12.7. The predicted octanol–water partition coefficient (Wildman–Crippen LogP) is 3.15. The smallest absolute Gasteiger partial charge is 0.226 e. The van der Waals surface area contributed by atoms with Crippen LogP contribution in [-0.2, 0) is 17.8 Å². The van der Waals surface area contributed by atoms with Crippen LogP contribution in [0.15, 0.2) is 28.8 Å². The van der Waals surface area contributed by atoms with E-state index < -0.39 is 0 Å². The van der Waals surface area contributed by atoms with Gasteiger partial charge in [-0.1, -0.05) is 17.3 Å². The predicted molar refractivity (Wildman–Crippen MR) is 106 cm³/mol. The molecule has 0 saturated carbocycles. The van der Waals surface area contributed by atoms with E-state index in [0.717, 1.165) is 41.2 Å². The van der Waals surface area contributed by atoms with Crippen molar-refractivity contribution in [2.45, 2.75) is 70.7 Å². The van der Waals surface area contributed by atoms with Crippen LogP contribution in [0.25, 0.3) is 0 Å². The van der Waals surface area contributed by atoms with Crippen LogP contribution in [0.3, 0.4) is 0 Å². The van der Waals surface area contributed by atoms with Crippen molar-refractivity contribution < 1.29 is 14.1 Å². The molecule has 2 unspecified atom stereocenters. The van der Waals surface area contributed by atoms with Crippen LogP contribution in [0, 0.1) is 13.8 Å². The summed E-state index contributed by atoms with van der Waals surface area (Å²) in [6, 6.07) is 9.34. The first kappa shape index (κ1) is 19.0. The molecule has 1 aromatic carbocycles. The standard InChI is InChI=1S/C22H29N3O3/c1-14-21(15(2)28-24-14)13-27-20-8-4-16(5-9-20)10-22(26)25(3)19-11-17-6-7-18(12-19)23-17/h4-5,8-9,17-19,23H,6-7,10-13H2,1-3H3. The third-order valence-electron chi connectivity index (χ3n) is 6.23. The highest BCUT2D eigenvalue weighted by Crippen LogP contribution is 2.29. The number of piperidine rings is 1. The second-order valence-corrected chi connectivity index (χ2v) is 8.18. The minimum atomic E-state index is 0.190. The van der Waals surface area contributed by atoms with Crippen molar-refractivity contribution in [3.63, 3.8) is 0 Å². The summed E-state index contributed by atoms with van der Waals surface area (Å²) in [5.74, 6) is 1.75. The summed E-state index contributed by atoms with van der Waals surface area (Å²) in [6.07, 6.45) is 5.08. The van der Waals surface area contributed by atoms with Gasteiger partial charge in [-0.05, 0) is 57.2 Å². The van der Waals surface area contributed by atoms with Crippen molar-refractivity contribution in [3.05, 3.63) is 46.8 Å². The molecule has 3 heterocycles. The molecule has 6 nitrogen and oxygen atoms in total. The number of ether oxygens (including phenoxy) is 1. The monoisotopic (exact) mass is 383 g/mol. The summed E-state index contributed by atoms with van der Waals surface area (Å²) in [7, 11) is 1.96. The third-order valence-corrected chi connectivity index (χ3v) is 6.23. The molecule has 2 bridgehead atoms. The van der Waals surface area contributed by atoms with Gasteiger partial charge in [0.15, 0.2) is 0 Å². The molecule has 2 fully saturated rings. The molecule has 0 spiro atoms. The summed E-state index contributed by atoms with van der Waals surface area (Å²) in [5, 5.41) is 7.58. The first-order valence-electron chi connectivity index (χ1n) is 10.1. The van der Waals surface area contributed by atoms with Crippen molar-refractivity contribution in [1.29, 1.82) is 0 Å². The van der Waals surface area contributed by atoms with E-state index in [1.165, 1.54) is 12.8 Å². The lowest BCUT2D eigenvalue weighted by atomic mass is 9.98. The molecule has 4 rings (SSSR count). The lowest BCUT2D eigenvalue weighted by Crippen LogP contribution is -2.49. The van der Waals surface area contributed by atoms with Gasteiger partial charge in [0.25, 0.3) is 0 Å². The first-order valence-corrected chi connectivity index (χ1v) is 10.1. The Morgan fingerprint density at radius 3 is 2.50 bits per heavy atom. The van der Waals surface area contributed by atoms with E-state index in [1.807, 2.05) is 50.1 Å². The fourth-order valence-electron chi connectivity index (χ4n) is 4.41. The second kappa shape index (κ2) is 7.95. The first-order chi connectivity index (χ1) is 13.5. The zero-order valence-corrected chi connectivity index (χ0v) is 16.9. The van der Waals surface area contributed by atoms with Crippen LogP contribution in [0.1, 0.15) is 48.3 Å². The number of amides is 1. The number of carbonyl (C=O) groups is 1. The normalized spacial score (nSPS) is 23.6. The van der Waals surface area contributed by atoms with E-state index in [9.17, 15) is 4.79 Å². The SMILES string of the molecule is Cc1noc(C)c1COc1ccc(CC(=O)N(C)C2CC3CCC(C2)N3)cc1. The number of benzene rings is 1. The summed E-state index contributed by atoms with van der Waals surface area (Å²) in [5.41, 5.74) is 2.85. The van der Waals surface area contributed by atoms with Crippen molar-refractivity contribution in [2.24, 2.45) is 0 Å². The maximum absolute atomic E-state index is 12.7. The van der Waals surface area contributed by atoms with E-state index in [4.69, 9.17) is 9.26 Å². The molecular formula is C22H29N3O3. The molecule has 2 atom stereocenters. The zero-order chi connectivity index (χ0) is 19.7. The largest absolute Gasteiger partial charge is 0.489 e. The molecule has 0 radical (unpaired) electrons. The van der Waals surface area contributed by atoms with Crippen molar-refractivity contribution >= 4 is 5.91 Å². The highest BCUT2D eigenvalue weighted by atomic mass is 16.5. The Hall–Kier alpha value is -2.34. The molecular weight excluding hydrogens is 354 g/mol. The molecule has 1 amide bonds. The van der Waals surface area contributed by atoms with Gasteiger partial charge < -0.3 is 19.5 Å². The molecule has 150 valence electrons. The van der Waals surface area contributed by atoms with E-state index in [-0.39, 0.29) is 5.91 Å². The quantitative estimate of drug-likeness (QED) is 0.830. The number of likely N-dealkylation sites (N-methyl/N-ethyl adjacent to an activating group) is 1. The zero-order valence-electron chi connectivity index (χ0n) is 16.9. The molecule has 2 aromatic rings. The van der Waals surface area contributed by atoms with Gasteiger partial charge in [0, 0.05) is 25.2 Å². The molecule has 0 aliphatic carbocycles. The van der Waals surface area contributed by atoms with Gasteiger partial charge >= 0.3 is 0 Å². The molecule has 1 aromatic heterocycles. The number of rotatable bonds is 6. The van der Waals surface area contributed by atoms with E-state index in [2.05, 4.69) is 10.5 Å². The Kier molecular flexibility index (Phi) is 5.40. The number of aryl methyl sites for hydroxylation is 2. The molecule has 2 saturated heterocycles. The van der Waals surface area contributed by atoms with Gasteiger partial charge in [-0.15, -0.1) is 0 Å². The Balaban J connectivity index is 1.30. The van der Waals surface area contributed by atoms with Crippen LogP contribution in [0.4, 0.5) is 0 Å². The average molecular weight is 383 g/mol. The maximum Gasteiger partial charge on any atom is 0.226 e. The Morgan fingerprint density at radius 2 is 1.89 bits per heavy atom. The number of fused-ring (bicyclic) bond motifs is 2. The number of hydrogen-bond donors (Lipinski definition) is 1. The topological polar surface area (TPSA) is 67.6 Å². The Labute approximate surface area is 166 Å².